The summed E-state index contributed by atoms with van der Waals surface area (Å²) in [6.45, 7) is 0. The molecule has 2 rings (SSSR count). The summed E-state index contributed by atoms with van der Waals surface area (Å²) in [6, 6.07) is 9.48. The third-order valence-electron chi connectivity index (χ3n) is 3.58. The number of ether oxygens (including phenoxy) is 1. The summed E-state index contributed by atoms with van der Waals surface area (Å²) in [5.74, 6) is 0.916. The molecule has 94 valence electrons. The lowest BCUT2D eigenvalue weighted by Crippen LogP contribution is -2.34. The van der Waals surface area contributed by atoms with Gasteiger partial charge < -0.3 is 15.4 Å². The Bertz CT molecular complexity index is 346. The van der Waals surface area contributed by atoms with E-state index in [9.17, 15) is 0 Å². The molecule has 0 spiro atoms. The van der Waals surface area contributed by atoms with Crippen LogP contribution in [0.5, 0.6) is 5.75 Å². The van der Waals surface area contributed by atoms with E-state index >= 15 is 0 Å². The van der Waals surface area contributed by atoms with Gasteiger partial charge in [-0.05, 0) is 44.9 Å². The maximum absolute atomic E-state index is 5.23. The fourth-order valence-corrected chi connectivity index (χ4v) is 2.47. The van der Waals surface area contributed by atoms with Crippen LogP contribution in [-0.2, 0) is 0 Å². The summed E-state index contributed by atoms with van der Waals surface area (Å²) >= 11 is 0. The van der Waals surface area contributed by atoms with Crippen molar-refractivity contribution in [3.8, 4) is 5.75 Å². The Labute approximate surface area is 104 Å². The van der Waals surface area contributed by atoms with Gasteiger partial charge in [-0.25, -0.2) is 0 Å². The van der Waals surface area contributed by atoms with Crippen molar-refractivity contribution in [3.05, 3.63) is 24.3 Å². The Morgan fingerprint density at radius 3 is 2.47 bits per heavy atom. The Morgan fingerprint density at radius 1 is 1.12 bits per heavy atom. The molecule has 17 heavy (non-hydrogen) atoms. The van der Waals surface area contributed by atoms with Crippen molar-refractivity contribution in [1.82, 2.24) is 5.32 Å². The Morgan fingerprint density at radius 2 is 1.82 bits per heavy atom. The molecule has 0 saturated heterocycles. The van der Waals surface area contributed by atoms with Crippen molar-refractivity contribution in [2.75, 3.05) is 19.5 Å². The van der Waals surface area contributed by atoms with Crippen LogP contribution >= 0.6 is 0 Å². The zero-order valence-corrected chi connectivity index (χ0v) is 10.7. The normalized spacial score (nSPS) is 24.4. The van der Waals surface area contributed by atoms with Crippen LogP contribution in [0.4, 0.5) is 5.69 Å². The number of benzene rings is 1. The molecule has 1 aliphatic carbocycles. The van der Waals surface area contributed by atoms with Crippen molar-refractivity contribution in [3.63, 3.8) is 0 Å². The van der Waals surface area contributed by atoms with Crippen molar-refractivity contribution in [2.45, 2.75) is 37.8 Å². The number of rotatable bonds is 4. The first-order valence-electron chi connectivity index (χ1n) is 6.39. The van der Waals surface area contributed by atoms with Crippen LogP contribution < -0.4 is 15.4 Å². The van der Waals surface area contributed by atoms with E-state index in [-0.39, 0.29) is 0 Å². The highest BCUT2D eigenvalue weighted by Gasteiger charge is 2.19. The predicted molar refractivity (Wildman–Crippen MR) is 71.7 cm³/mol. The van der Waals surface area contributed by atoms with Crippen LogP contribution in [0.25, 0.3) is 0 Å². The van der Waals surface area contributed by atoms with E-state index in [1.165, 1.54) is 25.7 Å². The highest BCUT2D eigenvalue weighted by atomic mass is 16.5. The highest BCUT2D eigenvalue weighted by Crippen LogP contribution is 2.24. The minimum absolute atomic E-state index is 0.603. The van der Waals surface area contributed by atoms with Crippen LogP contribution in [0, 0.1) is 0 Å². The average molecular weight is 234 g/mol. The lowest BCUT2D eigenvalue weighted by atomic mass is 9.91. The summed E-state index contributed by atoms with van der Waals surface area (Å²) in [4.78, 5) is 0. The van der Waals surface area contributed by atoms with E-state index in [0.29, 0.717) is 12.1 Å². The first kappa shape index (κ1) is 12.2. The fraction of sp³-hybridized carbons (Fsp3) is 0.571. The Balaban J connectivity index is 1.88. The molecule has 3 heteroatoms. The van der Waals surface area contributed by atoms with Gasteiger partial charge in [-0.1, -0.05) is 6.07 Å². The molecule has 1 aromatic carbocycles. The Hall–Kier alpha value is -1.22. The third kappa shape index (κ3) is 3.37. The molecule has 0 amide bonds. The molecule has 1 fully saturated rings. The molecule has 0 radical (unpaired) electrons. The molecule has 0 aromatic heterocycles. The zero-order valence-electron chi connectivity index (χ0n) is 10.7. The quantitative estimate of drug-likeness (QED) is 0.840. The lowest BCUT2D eigenvalue weighted by molar-refractivity contribution is 0.371. The molecule has 0 heterocycles. The van der Waals surface area contributed by atoms with Gasteiger partial charge in [-0.2, -0.15) is 0 Å². The van der Waals surface area contributed by atoms with Crippen LogP contribution in [0.1, 0.15) is 25.7 Å². The second-order valence-corrected chi connectivity index (χ2v) is 4.71. The van der Waals surface area contributed by atoms with E-state index in [4.69, 9.17) is 4.74 Å². The molecule has 0 bridgehead atoms. The molecule has 1 aliphatic rings. The topological polar surface area (TPSA) is 33.3 Å². The molecule has 0 unspecified atom stereocenters. The molecule has 2 N–H and O–H groups in total. The van der Waals surface area contributed by atoms with Crippen molar-refractivity contribution >= 4 is 5.69 Å². The molecular formula is C14H22N2O. The smallest absolute Gasteiger partial charge is 0.120 e. The van der Waals surface area contributed by atoms with Gasteiger partial charge >= 0.3 is 0 Å². The predicted octanol–water partition coefficient (Wildman–Crippen LogP) is 2.64. The van der Waals surface area contributed by atoms with Crippen molar-refractivity contribution in [2.24, 2.45) is 0 Å². The second kappa shape index (κ2) is 5.92. The summed E-state index contributed by atoms with van der Waals surface area (Å²) in [6.07, 6.45) is 5.00. The van der Waals surface area contributed by atoms with Crippen LogP contribution in [-0.4, -0.2) is 26.2 Å². The minimum Gasteiger partial charge on any atom is -0.497 e. The summed E-state index contributed by atoms with van der Waals surface area (Å²) in [7, 11) is 3.76. The van der Waals surface area contributed by atoms with Gasteiger partial charge in [0.05, 0.1) is 7.11 Å². The van der Waals surface area contributed by atoms with Gasteiger partial charge in [0.2, 0.25) is 0 Å². The van der Waals surface area contributed by atoms with Gasteiger partial charge in [-0.3, -0.25) is 0 Å². The van der Waals surface area contributed by atoms with E-state index in [2.05, 4.69) is 29.8 Å². The number of anilines is 1. The molecular weight excluding hydrogens is 212 g/mol. The molecule has 0 aliphatic heterocycles. The van der Waals surface area contributed by atoms with Gasteiger partial charge in [0.1, 0.15) is 5.75 Å². The number of nitrogens with one attached hydrogen (secondary N) is 2. The number of hydrogen-bond acceptors (Lipinski definition) is 3. The van der Waals surface area contributed by atoms with E-state index < -0.39 is 0 Å². The van der Waals surface area contributed by atoms with Gasteiger partial charge in [0.15, 0.2) is 0 Å². The highest BCUT2D eigenvalue weighted by molar-refractivity contribution is 5.48. The van der Waals surface area contributed by atoms with Gasteiger partial charge in [0, 0.05) is 23.8 Å². The van der Waals surface area contributed by atoms with Crippen molar-refractivity contribution < 1.29 is 4.74 Å². The number of methoxy groups -OCH3 is 1. The van der Waals surface area contributed by atoms with E-state index in [1.807, 2.05) is 12.1 Å². The zero-order chi connectivity index (χ0) is 12.1. The molecule has 1 saturated carbocycles. The van der Waals surface area contributed by atoms with Crippen molar-refractivity contribution in [1.29, 1.82) is 0 Å². The van der Waals surface area contributed by atoms with Crippen LogP contribution in [0.3, 0.4) is 0 Å². The number of hydrogen-bond donors (Lipinski definition) is 2. The first-order chi connectivity index (χ1) is 8.31. The summed E-state index contributed by atoms with van der Waals surface area (Å²) in [5, 5.41) is 6.95. The summed E-state index contributed by atoms with van der Waals surface area (Å²) < 4.78 is 5.23. The van der Waals surface area contributed by atoms with Gasteiger partial charge in [-0.15, -0.1) is 0 Å². The van der Waals surface area contributed by atoms with E-state index in [1.54, 1.807) is 7.11 Å². The molecule has 1 aromatic rings. The minimum atomic E-state index is 0.603. The third-order valence-corrected chi connectivity index (χ3v) is 3.58. The lowest BCUT2D eigenvalue weighted by Gasteiger charge is -2.29. The fourth-order valence-electron chi connectivity index (χ4n) is 2.47. The maximum Gasteiger partial charge on any atom is 0.120 e. The van der Waals surface area contributed by atoms with Gasteiger partial charge in [0.25, 0.3) is 0 Å². The maximum atomic E-state index is 5.23. The van der Waals surface area contributed by atoms with Crippen LogP contribution in [0.15, 0.2) is 24.3 Å². The second-order valence-electron chi connectivity index (χ2n) is 4.71. The SMILES string of the molecule is CNC1CCC(Nc2cccc(OC)c2)CC1. The standard InChI is InChI=1S/C14H22N2O/c1-15-11-6-8-12(9-7-11)16-13-4-3-5-14(10-13)17-2/h3-5,10-12,15-16H,6-9H2,1-2H3. The monoisotopic (exact) mass is 234 g/mol. The summed E-state index contributed by atoms with van der Waals surface area (Å²) in [5.41, 5.74) is 1.16. The largest absolute Gasteiger partial charge is 0.497 e. The van der Waals surface area contributed by atoms with E-state index in [0.717, 1.165) is 11.4 Å². The first-order valence-corrected chi connectivity index (χ1v) is 6.39. The average Bonchev–Trinajstić information content (AvgIpc) is 2.40. The molecule has 0 atom stereocenters. The molecule has 3 nitrogen and oxygen atoms in total. The van der Waals surface area contributed by atoms with Crippen LogP contribution in [0.2, 0.25) is 0 Å². The Kier molecular flexibility index (Phi) is 4.26.